The molecule has 0 spiro atoms. The number of carbonyl (C=O) groups excluding carboxylic acids is 3. The molecule has 0 bridgehead atoms. The Morgan fingerprint density at radius 3 is 2.42 bits per heavy atom. The fourth-order valence-corrected chi connectivity index (χ4v) is 4.39. The molecule has 0 aromatic heterocycles. The van der Waals surface area contributed by atoms with Gasteiger partial charge in [-0.3, -0.25) is 14.9 Å². The topological polar surface area (TPSA) is 94.2 Å². The van der Waals surface area contributed by atoms with Crippen molar-refractivity contribution < 1.29 is 28.6 Å². The summed E-state index contributed by atoms with van der Waals surface area (Å²) in [5, 5.41) is 2.48. The van der Waals surface area contributed by atoms with E-state index in [9.17, 15) is 14.4 Å². The van der Waals surface area contributed by atoms with Crippen molar-refractivity contribution in [3.05, 3.63) is 87.9 Å². The number of ether oxygens (including phenoxy) is 3. The van der Waals surface area contributed by atoms with Crippen LogP contribution in [0.1, 0.15) is 43.4 Å². The molecule has 208 valence electrons. The summed E-state index contributed by atoms with van der Waals surface area (Å²) in [6, 6.07) is 16.8. The number of hydrogen-bond donors (Lipinski definition) is 1. The van der Waals surface area contributed by atoms with Crippen molar-refractivity contribution in [2.24, 2.45) is 0 Å². The first-order valence-electron chi connectivity index (χ1n) is 13.1. The smallest absolute Gasteiger partial charge is 0.335 e. The molecule has 1 N–H and O–H groups in total. The molecule has 1 aliphatic heterocycles. The van der Waals surface area contributed by atoms with E-state index in [1.54, 1.807) is 36.4 Å². The van der Waals surface area contributed by atoms with Gasteiger partial charge in [0.1, 0.15) is 17.9 Å². The first kappa shape index (κ1) is 28.7. The summed E-state index contributed by atoms with van der Waals surface area (Å²) in [4.78, 5) is 39.6. The molecule has 40 heavy (non-hydrogen) atoms. The SMILES string of the molecule is CCCCOc1ccc(N2C(=O)NC(=O)/C(=C/c3cc(Cl)c(OCc4cccc(C)c4)c(OCC)c3)C2=O)cc1. The van der Waals surface area contributed by atoms with Crippen molar-refractivity contribution in [1.82, 2.24) is 5.32 Å². The van der Waals surface area contributed by atoms with E-state index < -0.39 is 17.8 Å². The van der Waals surface area contributed by atoms with Crippen molar-refractivity contribution in [2.75, 3.05) is 18.1 Å². The quantitative estimate of drug-likeness (QED) is 0.163. The predicted octanol–water partition coefficient (Wildman–Crippen LogP) is 6.47. The Hall–Kier alpha value is -4.30. The van der Waals surface area contributed by atoms with Crippen LogP contribution in [0.3, 0.4) is 0 Å². The third kappa shape index (κ3) is 6.82. The zero-order valence-electron chi connectivity index (χ0n) is 22.7. The third-order valence-electron chi connectivity index (χ3n) is 6.07. The Kier molecular flexibility index (Phi) is 9.45. The number of hydrogen-bond acceptors (Lipinski definition) is 6. The summed E-state index contributed by atoms with van der Waals surface area (Å²) < 4.78 is 17.4. The Labute approximate surface area is 238 Å². The van der Waals surface area contributed by atoms with Crippen LogP contribution in [0.25, 0.3) is 6.08 Å². The van der Waals surface area contributed by atoms with E-state index in [0.29, 0.717) is 41.7 Å². The number of imide groups is 2. The van der Waals surface area contributed by atoms with Gasteiger partial charge in [0.2, 0.25) is 0 Å². The molecule has 1 fully saturated rings. The summed E-state index contributed by atoms with van der Waals surface area (Å²) in [5.41, 5.74) is 2.59. The van der Waals surface area contributed by atoms with Crippen molar-refractivity contribution in [3.8, 4) is 17.2 Å². The van der Waals surface area contributed by atoms with Gasteiger partial charge in [0.05, 0.1) is 23.9 Å². The molecule has 3 aromatic rings. The van der Waals surface area contributed by atoms with Crippen LogP contribution in [-0.4, -0.2) is 31.1 Å². The Morgan fingerprint density at radius 2 is 1.73 bits per heavy atom. The molecular weight excluding hydrogens is 532 g/mol. The molecule has 0 atom stereocenters. The number of amides is 4. The lowest BCUT2D eigenvalue weighted by Gasteiger charge is -2.26. The summed E-state index contributed by atoms with van der Waals surface area (Å²) in [6.45, 7) is 7.09. The fourth-order valence-electron chi connectivity index (χ4n) is 4.12. The molecule has 0 radical (unpaired) electrons. The molecule has 9 heteroatoms. The maximum Gasteiger partial charge on any atom is 0.335 e. The van der Waals surface area contributed by atoms with Crippen LogP contribution in [0, 0.1) is 6.92 Å². The highest BCUT2D eigenvalue weighted by molar-refractivity contribution is 6.39. The van der Waals surface area contributed by atoms with Crippen molar-refractivity contribution >= 4 is 41.2 Å². The monoisotopic (exact) mass is 562 g/mol. The van der Waals surface area contributed by atoms with Gasteiger partial charge in [-0.25, -0.2) is 9.69 Å². The van der Waals surface area contributed by atoms with Crippen LogP contribution >= 0.6 is 11.6 Å². The maximum atomic E-state index is 13.4. The zero-order chi connectivity index (χ0) is 28.6. The van der Waals surface area contributed by atoms with Gasteiger partial charge in [-0.2, -0.15) is 0 Å². The summed E-state index contributed by atoms with van der Waals surface area (Å²) in [6.07, 6.45) is 3.29. The number of nitrogens with zero attached hydrogens (tertiary/aromatic N) is 1. The van der Waals surface area contributed by atoms with Gasteiger partial charge in [0.15, 0.2) is 11.5 Å². The summed E-state index contributed by atoms with van der Waals surface area (Å²) in [5.74, 6) is -0.229. The minimum atomic E-state index is -0.834. The van der Waals surface area contributed by atoms with E-state index in [1.165, 1.54) is 6.08 Å². The first-order valence-corrected chi connectivity index (χ1v) is 13.5. The number of nitrogens with one attached hydrogen (secondary N) is 1. The normalized spacial score (nSPS) is 14.3. The second-order valence-corrected chi connectivity index (χ2v) is 9.60. The molecule has 0 unspecified atom stereocenters. The molecule has 1 heterocycles. The Morgan fingerprint density at radius 1 is 0.950 bits per heavy atom. The van der Waals surface area contributed by atoms with Gasteiger partial charge in [-0.1, -0.05) is 54.8 Å². The number of barbiturate groups is 1. The average molecular weight is 563 g/mol. The van der Waals surface area contributed by atoms with Gasteiger partial charge in [0.25, 0.3) is 11.8 Å². The molecule has 1 saturated heterocycles. The van der Waals surface area contributed by atoms with Crippen LogP contribution in [0.5, 0.6) is 17.2 Å². The van der Waals surface area contributed by atoms with Crippen molar-refractivity contribution in [1.29, 1.82) is 0 Å². The molecule has 3 aromatic carbocycles. The largest absolute Gasteiger partial charge is 0.494 e. The molecule has 8 nitrogen and oxygen atoms in total. The Bertz CT molecular complexity index is 1430. The minimum absolute atomic E-state index is 0.227. The van der Waals surface area contributed by atoms with Crippen LogP contribution in [0.2, 0.25) is 5.02 Å². The second-order valence-electron chi connectivity index (χ2n) is 9.19. The van der Waals surface area contributed by atoms with Crippen LogP contribution in [0.15, 0.2) is 66.2 Å². The van der Waals surface area contributed by atoms with Gasteiger partial charge >= 0.3 is 6.03 Å². The molecule has 1 aliphatic rings. The molecule has 4 rings (SSSR count). The highest BCUT2D eigenvalue weighted by Gasteiger charge is 2.37. The van der Waals surface area contributed by atoms with E-state index in [2.05, 4.69) is 12.2 Å². The van der Waals surface area contributed by atoms with E-state index in [1.807, 2.05) is 38.1 Å². The molecule has 0 aliphatic carbocycles. The maximum absolute atomic E-state index is 13.4. The van der Waals surface area contributed by atoms with Crippen molar-refractivity contribution in [3.63, 3.8) is 0 Å². The average Bonchev–Trinajstić information content (AvgIpc) is 2.92. The second kappa shape index (κ2) is 13.2. The van der Waals surface area contributed by atoms with Gasteiger partial charge in [-0.05, 0) is 73.9 Å². The number of urea groups is 1. The third-order valence-corrected chi connectivity index (χ3v) is 6.35. The minimum Gasteiger partial charge on any atom is -0.494 e. The fraction of sp³-hybridized carbons (Fsp3) is 0.258. The highest BCUT2D eigenvalue weighted by atomic mass is 35.5. The first-order chi connectivity index (χ1) is 19.3. The number of unbranched alkanes of at least 4 members (excludes halogenated alkanes) is 1. The van der Waals surface area contributed by atoms with E-state index in [-0.39, 0.29) is 17.2 Å². The van der Waals surface area contributed by atoms with E-state index >= 15 is 0 Å². The lowest BCUT2D eigenvalue weighted by atomic mass is 10.1. The zero-order valence-corrected chi connectivity index (χ0v) is 23.4. The van der Waals surface area contributed by atoms with Gasteiger partial charge < -0.3 is 14.2 Å². The molecule has 0 saturated carbocycles. The van der Waals surface area contributed by atoms with Gasteiger partial charge in [0, 0.05) is 0 Å². The van der Waals surface area contributed by atoms with E-state index in [4.69, 9.17) is 25.8 Å². The summed E-state index contributed by atoms with van der Waals surface area (Å²) >= 11 is 6.57. The lowest BCUT2D eigenvalue weighted by Crippen LogP contribution is -2.54. The van der Waals surface area contributed by atoms with Crippen LogP contribution in [-0.2, 0) is 16.2 Å². The van der Waals surface area contributed by atoms with Gasteiger partial charge in [-0.15, -0.1) is 0 Å². The number of carbonyl (C=O) groups is 3. The lowest BCUT2D eigenvalue weighted by molar-refractivity contribution is -0.122. The molecule has 4 amide bonds. The number of rotatable bonds is 11. The Balaban J connectivity index is 1.59. The number of benzene rings is 3. The predicted molar refractivity (Wildman–Crippen MR) is 154 cm³/mol. The summed E-state index contributed by atoms with van der Waals surface area (Å²) in [7, 11) is 0. The van der Waals surface area contributed by atoms with E-state index in [0.717, 1.165) is 28.9 Å². The standard InChI is InChI=1S/C31H31ClN2O6/c1-4-6-14-39-24-12-10-23(11-13-24)34-30(36)25(29(35)33-31(34)37)16-22-17-26(32)28(27(18-22)38-5-2)40-19-21-9-7-8-20(3)15-21/h7-13,15-18H,4-6,14,19H2,1-3H3,(H,33,35,37)/b25-16-. The molecular formula is C31H31ClN2O6. The van der Waals surface area contributed by atoms with Crippen molar-refractivity contribution in [2.45, 2.75) is 40.2 Å². The number of anilines is 1. The number of aryl methyl sites for hydroxylation is 1. The highest BCUT2D eigenvalue weighted by Crippen LogP contribution is 2.38. The van der Waals surface area contributed by atoms with Crippen LogP contribution in [0.4, 0.5) is 10.5 Å². The van der Waals surface area contributed by atoms with Crippen LogP contribution < -0.4 is 24.4 Å². The number of halogens is 1.